The summed E-state index contributed by atoms with van der Waals surface area (Å²) in [6.45, 7) is 0. The Labute approximate surface area is 107 Å². The normalized spacial score (nSPS) is 14.1. The molecule has 0 aliphatic carbocycles. The molecule has 0 aliphatic heterocycles. The van der Waals surface area contributed by atoms with Crippen LogP contribution in [0.3, 0.4) is 0 Å². The van der Waals surface area contributed by atoms with Crippen LogP contribution in [0.1, 0.15) is 22.0 Å². The molecule has 0 amide bonds. The van der Waals surface area contributed by atoms with Crippen molar-refractivity contribution < 1.29 is 24.9 Å². The van der Waals surface area contributed by atoms with E-state index in [1.54, 1.807) is 0 Å². The van der Waals surface area contributed by atoms with Crippen molar-refractivity contribution in [3.8, 4) is 11.5 Å². The lowest BCUT2D eigenvalue weighted by Gasteiger charge is -2.18. The van der Waals surface area contributed by atoms with Crippen LogP contribution in [-0.4, -0.2) is 40.1 Å². The number of alkyl halides is 1. The van der Waals surface area contributed by atoms with Gasteiger partial charge in [0.05, 0.1) is 13.2 Å². The van der Waals surface area contributed by atoms with Crippen LogP contribution in [0.15, 0.2) is 12.1 Å². The number of carbonyl (C=O) groups is 1. The lowest BCUT2D eigenvalue weighted by Crippen LogP contribution is -2.20. The van der Waals surface area contributed by atoms with E-state index in [0.717, 1.165) is 0 Å². The fourth-order valence-corrected chi connectivity index (χ4v) is 1.77. The molecule has 0 radical (unpaired) electrons. The van der Waals surface area contributed by atoms with Crippen molar-refractivity contribution in [1.29, 1.82) is 0 Å². The quantitative estimate of drug-likeness (QED) is 0.558. The largest absolute Gasteiger partial charge is 0.504 e. The van der Waals surface area contributed by atoms with Gasteiger partial charge >= 0.3 is 0 Å². The number of hydrogen-bond acceptors (Lipinski definition) is 5. The van der Waals surface area contributed by atoms with Crippen molar-refractivity contribution >= 4 is 22.2 Å². The Morgan fingerprint density at radius 3 is 2.59 bits per heavy atom. The summed E-state index contributed by atoms with van der Waals surface area (Å²) in [7, 11) is 1.35. The Morgan fingerprint density at radius 2 is 2.12 bits per heavy atom. The number of methoxy groups -OCH3 is 1. The maximum atomic E-state index is 10.9. The van der Waals surface area contributed by atoms with E-state index in [0.29, 0.717) is 6.29 Å². The first-order chi connectivity index (χ1) is 8.04. The molecule has 0 aliphatic rings. The van der Waals surface area contributed by atoms with E-state index in [4.69, 9.17) is 4.74 Å². The zero-order valence-corrected chi connectivity index (χ0v) is 10.7. The number of aliphatic hydroxyl groups is 2. The van der Waals surface area contributed by atoms with Gasteiger partial charge in [0.15, 0.2) is 17.8 Å². The van der Waals surface area contributed by atoms with Gasteiger partial charge in [-0.25, -0.2) is 0 Å². The van der Waals surface area contributed by atoms with Gasteiger partial charge in [-0.15, -0.1) is 0 Å². The number of benzene rings is 1. The van der Waals surface area contributed by atoms with Crippen molar-refractivity contribution in [3.63, 3.8) is 0 Å². The Kier molecular flexibility index (Phi) is 4.92. The summed E-state index contributed by atoms with van der Waals surface area (Å²) in [5, 5.41) is 29.0. The minimum absolute atomic E-state index is 0.136. The maximum Gasteiger partial charge on any atom is 0.161 e. The van der Waals surface area contributed by atoms with Gasteiger partial charge in [0.2, 0.25) is 0 Å². The molecule has 3 N–H and O–H groups in total. The number of rotatable bonds is 5. The topological polar surface area (TPSA) is 87.0 Å². The predicted molar refractivity (Wildman–Crippen MR) is 64.8 cm³/mol. The Morgan fingerprint density at radius 1 is 1.47 bits per heavy atom. The number of phenolic OH excluding ortho intramolecular Hbond substituents is 1. The molecule has 0 heterocycles. The van der Waals surface area contributed by atoms with Gasteiger partial charge in [-0.05, 0) is 17.7 Å². The van der Waals surface area contributed by atoms with Crippen LogP contribution in [0.25, 0.3) is 0 Å². The summed E-state index contributed by atoms with van der Waals surface area (Å²) < 4.78 is 4.85. The van der Waals surface area contributed by atoms with Gasteiger partial charge in [-0.1, -0.05) is 15.9 Å². The summed E-state index contributed by atoms with van der Waals surface area (Å²) in [5.41, 5.74) is 0.317. The second-order valence-electron chi connectivity index (χ2n) is 3.44. The molecule has 2 atom stereocenters. The number of carbonyl (C=O) groups excluding carboxylic acids is 1. The highest BCUT2D eigenvalue weighted by Crippen LogP contribution is 2.32. The van der Waals surface area contributed by atoms with E-state index in [2.05, 4.69) is 15.9 Å². The fraction of sp³-hybridized carbons (Fsp3) is 0.364. The fourth-order valence-electron chi connectivity index (χ4n) is 1.41. The Hall–Kier alpha value is -1.11. The summed E-state index contributed by atoms with van der Waals surface area (Å²) in [6.07, 6.45) is -1.80. The number of phenols is 1. The first-order valence-electron chi connectivity index (χ1n) is 4.83. The van der Waals surface area contributed by atoms with Crippen molar-refractivity contribution in [2.45, 2.75) is 12.2 Å². The molecule has 17 heavy (non-hydrogen) atoms. The molecule has 1 rings (SSSR count). The molecule has 94 valence electrons. The maximum absolute atomic E-state index is 10.9. The molecule has 0 saturated heterocycles. The van der Waals surface area contributed by atoms with Gasteiger partial charge in [-0.3, -0.25) is 4.79 Å². The van der Waals surface area contributed by atoms with E-state index < -0.39 is 12.2 Å². The molecule has 0 fully saturated rings. The van der Waals surface area contributed by atoms with Gasteiger partial charge in [0.1, 0.15) is 6.10 Å². The molecule has 1 aromatic carbocycles. The van der Waals surface area contributed by atoms with Gasteiger partial charge in [-0.2, -0.15) is 0 Å². The third-order valence-electron chi connectivity index (χ3n) is 2.35. The summed E-state index contributed by atoms with van der Waals surface area (Å²) in [5.74, 6) is -0.0645. The average molecular weight is 305 g/mol. The third-order valence-corrected chi connectivity index (χ3v) is 3.02. The number of aldehydes is 1. The van der Waals surface area contributed by atoms with Gasteiger partial charge in [0.25, 0.3) is 0 Å². The molecule has 5 nitrogen and oxygen atoms in total. The van der Waals surface area contributed by atoms with Crippen molar-refractivity contribution in [1.82, 2.24) is 0 Å². The zero-order valence-electron chi connectivity index (χ0n) is 9.13. The zero-order chi connectivity index (χ0) is 13.0. The van der Waals surface area contributed by atoms with Crippen LogP contribution < -0.4 is 4.74 Å². The van der Waals surface area contributed by atoms with Crippen LogP contribution in [0.4, 0.5) is 0 Å². The Bertz CT molecular complexity index is 407. The van der Waals surface area contributed by atoms with Gasteiger partial charge in [0, 0.05) is 10.9 Å². The molecular weight excluding hydrogens is 292 g/mol. The average Bonchev–Trinajstić information content (AvgIpc) is 2.36. The summed E-state index contributed by atoms with van der Waals surface area (Å²) >= 11 is 3.02. The standard InChI is InChI=1S/C11H13BrO5/c1-17-10-2-6(5-13)7(3-8(10)14)11(16)9(15)4-12/h2-3,5,9,11,14-16H,4H2,1H3. The first kappa shape index (κ1) is 14.0. The molecule has 1 aromatic rings. The lowest BCUT2D eigenvalue weighted by molar-refractivity contribution is 0.0337. The number of halogens is 1. The smallest absolute Gasteiger partial charge is 0.161 e. The van der Waals surface area contributed by atoms with Crippen LogP contribution in [-0.2, 0) is 0 Å². The number of ether oxygens (including phenoxy) is 1. The summed E-state index contributed by atoms with van der Waals surface area (Å²) in [4.78, 5) is 10.9. The minimum atomic E-state index is -1.26. The molecule has 0 bridgehead atoms. The van der Waals surface area contributed by atoms with E-state index in [1.807, 2.05) is 0 Å². The second kappa shape index (κ2) is 6.00. The molecule has 0 saturated carbocycles. The molecule has 0 aromatic heterocycles. The number of hydrogen-bond donors (Lipinski definition) is 3. The molecule has 2 unspecified atom stereocenters. The first-order valence-corrected chi connectivity index (χ1v) is 5.95. The molecule has 6 heteroatoms. The molecule has 0 spiro atoms. The Balaban J connectivity index is 3.23. The highest BCUT2D eigenvalue weighted by Gasteiger charge is 2.22. The van der Waals surface area contributed by atoms with Crippen LogP contribution in [0.2, 0.25) is 0 Å². The highest BCUT2D eigenvalue weighted by molar-refractivity contribution is 9.09. The highest BCUT2D eigenvalue weighted by atomic mass is 79.9. The lowest BCUT2D eigenvalue weighted by atomic mass is 9.99. The minimum Gasteiger partial charge on any atom is -0.504 e. The van der Waals surface area contributed by atoms with E-state index in [1.165, 1.54) is 19.2 Å². The van der Waals surface area contributed by atoms with Crippen molar-refractivity contribution in [2.24, 2.45) is 0 Å². The monoisotopic (exact) mass is 304 g/mol. The number of aliphatic hydroxyl groups excluding tert-OH is 2. The van der Waals surface area contributed by atoms with Crippen LogP contribution in [0.5, 0.6) is 11.5 Å². The van der Waals surface area contributed by atoms with E-state index in [-0.39, 0.29) is 28.0 Å². The van der Waals surface area contributed by atoms with Crippen LogP contribution in [0, 0.1) is 0 Å². The second-order valence-corrected chi connectivity index (χ2v) is 4.08. The van der Waals surface area contributed by atoms with Gasteiger partial charge < -0.3 is 20.1 Å². The summed E-state index contributed by atoms with van der Waals surface area (Å²) in [6, 6.07) is 2.51. The third kappa shape index (κ3) is 2.96. The van der Waals surface area contributed by atoms with Crippen molar-refractivity contribution in [3.05, 3.63) is 23.3 Å². The predicted octanol–water partition coefficient (Wildman–Crippen LogP) is 1.00. The van der Waals surface area contributed by atoms with Crippen molar-refractivity contribution in [2.75, 3.05) is 12.4 Å². The van der Waals surface area contributed by atoms with E-state index in [9.17, 15) is 20.1 Å². The van der Waals surface area contributed by atoms with E-state index >= 15 is 0 Å². The SMILES string of the molecule is COc1cc(C=O)c(C(O)C(O)CBr)cc1O. The number of aromatic hydroxyl groups is 1. The van der Waals surface area contributed by atoms with Crippen LogP contribution >= 0.6 is 15.9 Å². The molecular formula is C11H13BrO5.